The van der Waals surface area contributed by atoms with Crippen molar-refractivity contribution in [1.29, 1.82) is 0 Å². The van der Waals surface area contributed by atoms with Gasteiger partial charge >= 0.3 is 5.88 Å². The molecule has 11 nitrogen and oxygen atoms in total. The average molecular weight is 481 g/mol. The van der Waals surface area contributed by atoms with Gasteiger partial charge in [0.25, 0.3) is 11.8 Å². The number of hydrogen-bond donors (Lipinski definition) is 2. The summed E-state index contributed by atoms with van der Waals surface area (Å²) in [5.74, 6) is -1.07. The van der Waals surface area contributed by atoms with Gasteiger partial charge in [0.1, 0.15) is 16.4 Å². The molecular formula is C24H23N3O8. The van der Waals surface area contributed by atoms with Crippen LogP contribution in [0.3, 0.4) is 0 Å². The fourth-order valence-electron chi connectivity index (χ4n) is 3.06. The Bertz CT molecular complexity index is 1250. The van der Waals surface area contributed by atoms with Gasteiger partial charge in [-0.2, -0.15) is 0 Å². The molecule has 0 spiro atoms. The van der Waals surface area contributed by atoms with Crippen LogP contribution in [0.5, 0.6) is 17.2 Å². The summed E-state index contributed by atoms with van der Waals surface area (Å²) in [6.07, 6.45) is 1.19. The molecule has 35 heavy (non-hydrogen) atoms. The minimum Gasteiger partial charge on any atom is -0.493 e. The fourth-order valence-corrected chi connectivity index (χ4v) is 3.06. The van der Waals surface area contributed by atoms with Crippen LogP contribution in [-0.4, -0.2) is 38.1 Å². The van der Waals surface area contributed by atoms with Crippen LogP contribution >= 0.6 is 0 Å². The van der Waals surface area contributed by atoms with E-state index in [1.54, 1.807) is 12.1 Å². The second-order valence-corrected chi connectivity index (χ2v) is 7.18. The highest BCUT2D eigenvalue weighted by atomic mass is 16.6. The molecule has 0 aliphatic carbocycles. The fraction of sp³-hybridized carbons (Fsp3) is 0.167. The predicted molar refractivity (Wildman–Crippen MR) is 127 cm³/mol. The number of nitrogens with one attached hydrogen (secondary N) is 2. The molecule has 0 atom stereocenters. The zero-order chi connectivity index (χ0) is 25.5. The normalized spacial score (nSPS) is 10.9. The van der Waals surface area contributed by atoms with Crippen LogP contribution < -0.4 is 24.8 Å². The number of nitrogens with zero attached hydrogens (tertiary/aromatic N) is 1. The zero-order valence-corrected chi connectivity index (χ0v) is 19.4. The molecule has 0 saturated carbocycles. The molecule has 2 amide bonds. The second-order valence-electron chi connectivity index (χ2n) is 7.18. The third-order valence-corrected chi connectivity index (χ3v) is 4.81. The number of amides is 2. The number of nitro groups is 1. The average Bonchev–Trinajstić information content (AvgIpc) is 3.33. The number of ether oxygens (including phenoxy) is 3. The van der Waals surface area contributed by atoms with Gasteiger partial charge in [-0.3, -0.25) is 19.7 Å². The molecule has 0 aliphatic heterocycles. The van der Waals surface area contributed by atoms with Crippen molar-refractivity contribution in [2.24, 2.45) is 0 Å². The highest BCUT2D eigenvalue weighted by Crippen LogP contribution is 2.38. The lowest BCUT2D eigenvalue weighted by Gasteiger charge is -2.15. The zero-order valence-electron chi connectivity index (χ0n) is 19.4. The van der Waals surface area contributed by atoms with Crippen molar-refractivity contribution >= 4 is 29.5 Å². The van der Waals surface area contributed by atoms with Crippen LogP contribution in [0.2, 0.25) is 0 Å². The SMILES string of the molecule is COc1cc(C(=O)N/C(=C\c2ccc([N+](=O)[O-])o2)C(=O)Nc2ccc(C)cc2)cc(OC)c1OC. The number of carbonyl (C=O) groups is 2. The van der Waals surface area contributed by atoms with Crippen LogP contribution in [0.25, 0.3) is 6.08 Å². The first-order chi connectivity index (χ1) is 16.7. The van der Waals surface area contributed by atoms with Crippen molar-refractivity contribution < 1.29 is 33.1 Å². The molecule has 0 bridgehead atoms. The van der Waals surface area contributed by atoms with Crippen molar-refractivity contribution in [1.82, 2.24) is 5.32 Å². The summed E-state index contributed by atoms with van der Waals surface area (Å²) >= 11 is 0. The van der Waals surface area contributed by atoms with Gasteiger partial charge in [0.05, 0.1) is 27.4 Å². The van der Waals surface area contributed by atoms with E-state index >= 15 is 0 Å². The topological polar surface area (TPSA) is 142 Å². The Morgan fingerprint density at radius 1 is 0.971 bits per heavy atom. The van der Waals surface area contributed by atoms with E-state index in [1.807, 2.05) is 19.1 Å². The summed E-state index contributed by atoms with van der Waals surface area (Å²) in [5, 5.41) is 16.1. The van der Waals surface area contributed by atoms with Crippen LogP contribution in [-0.2, 0) is 4.79 Å². The van der Waals surface area contributed by atoms with E-state index in [2.05, 4.69) is 10.6 Å². The van der Waals surface area contributed by atoms with Crippen LogP contribution in [0.4, 0.5) is 11.6 Å². The van der Waals surface area contributed by atoms with E-state index in [9.17, 15) is 19.7 Å². The maximum absolute atomic E-state index is 13.1. The molecule has 0 fully saturated rings. The number of carbonyl (C=O) groups excluding carboxylic acids is 2. The van der Waals surface area contributed by atoms with Gasteiger partial charge in [-0.15, -0.1) is 0 Å². The Morgan fingerprint density at radius 3 is 2.11 bits per heavy atom. The number of hydrogen-bond acceptors (Lipinski definition) is 8. The first kappa shape index (κ1) is 24.8. The molecule has 1 aromatic heterocycles. The first-order valence-corrected chi connectivity index (χ1v) is 10.2. The highest BCUT2D eigenvalue weighted by Gasteiger charge is 2.21. The lowest BCUT2D eigenvalue weighted by Crippen LogP contribution is -2.30. The van der Waals surface area contributed by atoms with Crippen molar-refractivity contribution in [3.05, 3.63) is 81.2 Å². The minimum atomic E-state index is -0.710. The van der Waals surface area contributed by atoms with Gasteiger partial charge in [0, 0.05) is 17.3 Å². The van der Waals surface area contributed by atoms with E-state index in [-0.39, 0.29) is 28.5 Å². The standard InChI is InChI=1S/C24H23N3O8/c1-14-5-7-16(8-6-14)25-24(29)18(13-17-9-10-21(35-17)27(30)31)26-23(28)15-11-19(32-2)22(34-4)20(12-15)33-3/h5-13H,1-4H3,(H,25,29)(H,26,28)/b18-13-. The lowest BCUT2D eigenvalue weighted by molar-refractivity contribution is -0.402. The lowest BCUT2D eigenvalue weighted by atomic mass is 10.1. The van der Waals surface area contributed by atoms with E-state index in [1.165, 1.54) is 45.6 Å². The molecule has 2 aromatic carbocycles. The van der Waals surface area contributed by atoms with E-state index in [4.69, 9.17) is 18.6 Å². The van der Waals surface area contributed by atoms with Crippen molar-refractivity contribution in [2.45, 2.75) is 6.92 Å². The Labute approximate surface area is 200 Å². The van der Waals surface area contributed by atoms with Crippen molar-refractivity contribution in [2.75, 3.05) is 26.6 Å². The van der Waals surface area contributed by atoms with E-state index in [0.29, 0.717) is 11.4 Å². The maximum atomic E-state index is 13.1. The van der Waals surface area contributed by atoms with Crippen molar-refractivity contribution in [3.8, 4) is 17.2 Å². The number of aryl methyl sites for hydroxylation is 1. The highest BCUT2D eigenvalue weighted by molar-refractivity contribution is 6.10. The Balaban J connectivity index is 1.96. The van der Waals surface area contributed by atoms with Gasteiger partial charge < -0.3 is 29.3 Å². The van der Waals surface area contributed by atoms with Gasteiger partial charge in [0.15, 0.2) is 11.5 Å². The molecule has 182 valence electrons. The summed E-state index contributed by atoms with van der Waals surface area (Å²) < 4.78 is 20.9. The predicted octanol–water partition coefficient (Wildman–Crippen LogP) is 3.93. The molecule has 0 unspecified atom stereocenters. The number of anilines is 1. The smallest absolute Gasteiger partial charge is 0.433 e. The first-order valence-electron chi connectivity index (χ1n) is 10.2. The van der Waals surface area contributed by atoms with Crippen LogP contribution in [0.1, 0.15) is 21.7 Å². The Hall–Kier alpha value is -4.80. The van der Waals surface area contributed by atoms with E-state index in [0.717, 1.165) is 11.6 Å². The van der Waals surface area contributed by atoms with E-state index < -0.39 is 22.6 Å². The minimum absolute atomic E-state index is 0.00375. The number of benzene rings is 2. The Kier molecular flexibility index (Phi) is 7.72. The molecule has 0 aliphatic rings. The quantitative estimate of drug-likeness (QED) is 0.266. The number of methoxy groups -OCH3 is 3. The van der Waals surface area contributed by atoms with Crippen molar-refractivity contribution in [3.63, 3.8) is 0 Å². The van der Waals surface area contributed by atoms with Gasteiger partial charge in [0.2, 0.25) is 5.75 Å². The third-order valence-electron chi connectivity index (χ3n) is 4.81. The molecule has 2 N–H and O–H groups in total. The molecule has 3 rings (SSSR count). The van der Waals surface area contributed by atoms with Crippen LogP contribution in [0.15, 0.2) is 58.6 Å². The molecule has 1 heterocycles. The molecule has 11 heteroatoms. The molecular weight excluding hydrogens is 458 g/mol. The molecule has 0 saturated heterocycles. The second kappa shape index (κ2) is 10.9. The summed E-state index contributed by atoms with van der Waals surface area (Å²) in [4.78, 5) is 36.3. The largest absolute Gasteiger partial charge is 0.493 e. The molecule has 3 aromatic rings. The van der Waals surface area contributed by atoms with Gasteiger partial charge in [-0.05, 0) is 37.3 Å². The van der Waals surface area contributed by atoms with Gasteiger partial charge in [-0.1, -0.05) is 17.7 Å². The van der Waals surface area contributed by atoms with Gasteiger partial charge in [-0.25, -0.2) is 0 Å². The number of furan rings is 1. The molecule has 0 radical (unpaired) electrons. The summed E-state index contributed by atoms with van der Waals surface area (Å²) in [5.41, 5.74) is 1.38. The summed E-state index contributed by atoms with van der Waals surface area (Å²) in [6, 6.07) is 12.3. The summed E-state index contributed by atoms with van der Waals surface area (Å²) in [6.45, 7) is 1.90. The van der Waals surface area contributed by atoms with Crippen LogP contribution in [0, 0.1) is 17.0 Å². The number of rotatable bonds is 9. The maximum Gasteiger partial charge on any atom is 0.433 e. The Morgan fingerprint density at radius 2 is 1.60 bits per heavy atom. The monoisotopic (exact) mass is 481 g/mol. The summed E-state index contributed by atoms with van der Waals surface area (Å²) in [7, 11) is 4.24. The third kappa shape index (κ3) is 5.96.